The highest BCUT2D eigenvalue weighted by molar-refractivity contribution is 5.31. The average Bonchev–Trinajstić information content (AvgIpc) is 2.31. The highest BCUT2D eigenvalue weighted by Gasteiger charge is 2.16. The maximum atomic E-state index is 12.0. The summed E-state index contributed by atoms with van der Waals surface area (Å²) in [5, 5.41) is 0. The molecule has 70 valence electrons. The summed E-state index contributed by atoms with van der Waals surface area (Å²) in [6.07, 6.45) is 0.822. The summed E-state index contributed by atoms with van der Waals surface area (Å²) >= 11 is 0. The molecule has 0 spiro atoms. The number of hydrogen-bond donors (Lipinski definition) is 0. The summed E-state index contributed by atoms with van der Waals surface area (Å²) < 4.78 is 24.1. The van der Waals surface area contributed by atoms with Gasteiger partial charge in [-0.25, -0.2) is 0 Å². The molecule has 12 heavy (non-hydrogen) atoms. The van der Waals surface area contributed by atoms with Gasteiger partial charge < -0.3 is 4.90 Å². The number of rotatable bonds is 1. The van der Waals surface area contributed by atoms with Crippen molar-refractivity contribution in [1.82, 2.24) is 4.90 Å². The number of allylic oxidation sites excluding steroid dienone is 1. The first-order chi connectivity index (χ1) is 5.15. The molecule has 0 radical (unpaired) electrons. The first kappa shape index (κ1) is 11.1. The fraction of sp³-hybridized carbons (Fsp3) is 0.556. The van der Waals surface area contributed by atoms with E-state index in [4.69, 9.17) is 0 Å². The molecule has 1 heterocycles. The second-order valence-corrected chi connectivity index (χ2v) is 2.63. The van der Waals surface area contributed by atoms with Crippen LogP contribution in [-0.4, -0.2) is 18.5 Å². The zero-order chi connectivity index (χ0) is 8.43. The van der Waals surface area contributed by atoms with Crippen LogP contribution in [0.5, 0.6) is 0 Å². The Morgan fingerprint density at radius 2 is 2.17 bits per heavy atom. The van der Waals surface area contributed by atoms with Gasteiger partial charge in [-0.2, -0.15) is 8.78 Å². The van der Waals surface area contributed by atoms with Crippen LogP contribution in [0.4, 0.5) is 8.78 Å². The fourth-order valence-electron chi connectivity index (χ4n) is 1.20. The first-order valence-corrected chi connectivity index (χ1v) is 3.61. The molecule has 0 unspecified atom stereocenters. The van der Waals surface area contributed by atoms with Crippen molar-refractivity contribution in [3.63, 3.8) is 0 Å². The van der Waals surface area contributed by atoms with Crippen molar-refractivity contribution in [3.05, 3.63) is 23.4 Å². The summed E-state index contributed by atoms with van der Waals surface area (Å²) in [4.78, 5) is 1.84. The molecule has 0 aliphatic carbocycles. The Morgan fingerprint density at radius 3 is 2.42 bits per heavy atom. The molecule has 1 aliphatic heterocycles. The lowest BCUT2D eigenvalue weighted by atomic mass is 10.3. The van der Waals surface area contributed by atoms with Crippen LogP contribution < -0.4 is 0 Å². The number of halogens is 2. The summed E-state index contributed by atoms with van der Waals surface area (Å²) in [5.74, 6) is 0. The molecule has 1 aliphatic rings. The van der Waals surface area contributed by atoms with E-state index in [-0.39, 0.29) is 13.0 Å². The predicted octanol–water partition coefficient (Wildman–Crippen LogP) is 3.01. The maximum absolute atomic E-state index is 12.0. The molecule has 0 aromatic rings. The molecule has 0 fully saturated rings. The van der Waals surface area contributed by atoms with Crippen LogP contribution >= 0.6 is 0 Å². The molecular weight excluding hydrogens is 160 g/mol. The minimum absolute atomic E-state index is 0. The van der Waals surface area contributed by atoms with Gasteiger partial charge in [0.25, 0.3) is 6.08 Å². The summed E-state index contributed by atoms with van der Waals surface area (Å²) in [6, 6.07) is 0. The first-order valence-electron chi connectivity index (χ1n) is 3.61. The predicted molar refractivity (Wildman–Crippen MR) is 47.0 cm³/mol. The zero-order valence-electron chi connectivity index (χ0n) is 6.69. The molecular formula is C9H15F2N. The highest BCUT2D eigenvalue weighted by Crippen LogP contribution is 2.23. The maximum Gasteiger partial charge on any atom is 0.275 e. The zero-order valence-corrected chi connectivity index (χ0v) is 6.69. The molecule has 0 atom stereocenters. The van der Waals surface area contributed by atoms with Crippen molar-refractivity contribution < 1.29 is 8.78 Å². The van der Waals surface area contributed by atoms with E-state index in [1.807, 2.05) is 18.9 Å². The van der Waals surface area contributed by atoms with Gasteiger partial charge in [-0.1, -0.05) is 14.4 Å². The third-order valence-electron chi connectivity index (χ3n) is 1.84. The van der Waals surface area contributed by atoms with Crippen LogP contribution in [0.2, 0.25) is 0 Å². The fourth-order valence-corrected chi connectivity index (χ4v) is 1.20. The van der Waals surface area contributed by atoms with Gasteiger partial charge in [-0.3, -0.25) is 0 Å². The molecule has 0 saturated heterocycles. The van der Waals surface area contributed by atoms with Gasteiger partial charge in [-0.05, 0) is 12.5 Å². The Morgan fingerprint density at radius 1 is 1.58 bits per heavy atom. The molecule has 1 rings (SSSR count). The van der Waals surface area contributed by atoms with Crippen LogP contribution in [0.25, 0.3) is 0 Å². The Bertz CT molecular complexity index is 215. The van der Waals surface area contributed by atoms with Crippen molar-refractivity contribution in [1.29, 1.82) is 0 Å². The summed E-state index contributed by atoms with van der Waals surface area (Å²) in [6.45, 7) is 2.31. The molecule has 3 heteroatoms. The standard InChI is InChI=1S/C8H11F2N.CH4/c1-3-7-4-6(8(9)10)5-11(7)2;/h4H,3,5H2,1-2H3;1H4. The lowest BCUT2D eigenvalue weighted by Gasteiger charge is -2.13. The van der Waals surface area contributed by atoms with Crippen molar-refractivity contribution in [2.45, 2.75) is 20.8 Å². The monoisotopic (exact) mass is 175 g/mol. The minimum Gasteiger partial charge on any atom is -0.373 e. The van der Waals surface area contributed by atoms with E-state index in [1.54, 1.807) is 6.08 Å². The van der Waals surface area contributed by atoms with Crippen molar-refractivity contribution >= 4 is 0 Å². The van der Waals surface area contributed by atoms with E-state index >= 15 is 0 Å². The Hall–Kier alpha value is -0.860. The summed E-state index contributed by atoms with van der Waals surface area (Å²) in [7, 11) is 1.82. The smallest absolute Gasteiger partial charge is 0.275 e. The van der Waals surface area contributed by atoms with Crippen LogP contribution in [0.15, 0.2) is 23.4 Å². The second kappa shape index (κ2) is 4.24. The molecule has 0 amide bonds. The van der Waals surface area contributed by atoms with Crippen molar-refractivity contribution in [2.75, 3.05) is 13.6 Å². The lowest BCUT2D eigenvalue weighted by molar-refractivity contribution is 0.399. The van der Waals surface area contributed by atoms with Gasteiger partial charge >= 0.3 is 0 Å². The molecule has 0 N–H and O–H groups in total. The van der Waals surface area contributed by atoms with E-state index < -0.39 is 6.08 Å². The topological polar surface area (TPSA) is 3.24 Å². The lowest BCUT2D eigenvalue weighted by Crippen LogP contribution is -2.13. The van der Waals surface area contributed by atoms with E-state index in [1.165, 1.54) is 0 Å². The van der Waals surface area contributed by atoms with Crippen molar-refractivity contribution in [3.8, 4) is 0 Å². The van der Waals surface area contributed by atoms with E-state index in [0.29, 0.717) is 6.54 Å². The van der Waals surface area contributed by atoms with E-state index in [2.05, 4.69) is 0 Å². The number of nitrogens with zero attached hydrogens (tertiary/aromatic N) is 1. The summed E-state index contributed by atoms with van der Waals surface area (Å²) in [5.41, 5.74) is 1.14. The third kappa shape index (κ3) is 2.06. The van der Waals surface area contributed by atoms with Gasteiger partial charge in [0.2, 0.25) is 0 Å². The Balaban J connectivity index is 0.00000121. The average molecular weight is 175 g/mol. The second-order valence-electron chi connectivity index (χ2n) is 2.63. The number of likely N-dealkylation sites (N-methyl/N-ethyl adjacent to an activating group) is 1. The van der Waals surface area contributed by atoms with E-state index in [0.717, 1.165) is 12.1 Å². The quantitative estimate of drug-likeness (QED) is 0.592. The van der Waals surface area contributed by atoms with Gasteiger partial charge in [0.05, 0.1) is 0 Å². The third-order valence-corrected chi connectivity index (χ3v) is 1.84. The van der Waals surface area contributed by atoms with Gasteiger partial charge in [-0.15, -0.1) is 0 Å². The minimum atomic E-state index is -1.56. The molecule has 0 aromatic carbocycles. The molecule has 0 saturated carbocycles. The highest BCUT2D eigenvalue weighted by atomic mass is 19.3. The van der Waals surface area contributed by atoms with Gasteiger partial charge in [0, 0.05) is 24.9 Å². The SMILES string of the molecule is C.CCC1=CC(=C(F)F)CN1C. The van der Waals surface area contributed by atoms with Crippen LogP contribution in [0.1, 0.15) is 20.8 Å². The molecule has 0 aromatic heterocycles. The van der Waals surface area contributed by atoms with Crippen LogP contribution in [0.3, 0.4) is 0 Å². The van der Waals surface area contributed by atoms with Gasteiger partial charge in [0.1, 0.15) is 0 Å². The molecule has 1 nitrogen and oxygen atoms in total. The largest absolute Gasteiger partial charge is 0.373 e. The number of hydrogen-bond acceptors (Lipinski definition) is 1. The van der Waals surface area contributed by atoms with E-state index in [9.17, 15) is 8.78 Å². The van der Waals surface area contributed by atoms with Crippen molar-refractivity contribution in [2.24, 2.45) is 0 Å². The van der Waals surface area contributed by atoms with Crippen LogP contribution in [-0.2, 0) is 0 Å². The Labute approximate surface area is 72.4 Å². The van der Waals surface area contributed by atoms with Gasteiger partial charge in [0.15, 0.2) is 0 Å². The Kier molecular flexibility index (Phi) is 3.93. The van der Waals surface area contributed by atoms with Crippen LogP contribution in [0, 0.1) is 0 Å². The molecule has 0 bridgehead atoms. The normalized spacial score (nSPS) is 15.8.